The lowest BCUT2D eigenvalue weighted by Gasteiger charge is -2.16. The Morgan fingerprint density at radius 1 is 1.41 bits per heavy atom. The second-order valence-electron chi connectivity index (χ2n) is 4.13. The third kappa shape index (κ3) is 2.47. The van der Waals surface area contributed by atoms with Gasteiger partial charge in [-0.3, -0.25) is 0 Å². The Morgan fingerprint density at radius 2 is 2.12 bits per heavy atom. The lowest BCUT2D eigenvalue weighted by Crippen LogP contribution is -2.29. The quantitative estimate of drug-likeness (QED) is 0.906. The molecule has 2 rings (SSSR count). The topological polar surface area (TPSA) is 57.6 Å². The first-order valence-electron chi connectivity index (χ1n) is 5.41. The molecule has 1 aliphatic heterocycles. The van der Waals surface area contributed by atoms with E-state index in [-0.39, 0.29) is 22.4 Å². The van der Waals surface area contributed by atoms with Gasteiger partial charge in [0.1, 0.15) is 4.90 Å². The maximum absolute atomic E-state index is 12.3. The van der Waals surface area contributed by atoms with Gasteiger partial charge in [-0.25, -0.2) is 8.42 Å². The molecule has 1 aliphatic rings. The van der Waals surface area contributed by atoms with Crippen molar-refractivity contribution < 1.29 is 13.5 Å². The Kier molecular flexibility index (Phi) is 3.73. The third-order valence-electron chi connectivity index (χ3n) is 2.96. The highest BCUT2D eigenvalue weighted by Gasteiger charge is 2.33. The van der Waals surface area contributed by atoms with Crippen LogP contribution in [0.1, 0.15) is 6.42 Å². The van der Waals surface area contributed by atoms with Crippen LogP contribution in [0.5, 0.6) is 0 Å². The van der Waals surface area contributed by atoms with E-state index in [1.165, 1.54) is 10.4 Å². The lowest BCUT2D eigenvalue weighted by molar-refractivity contribution is 0.233. The summed E-state index contributed by atoms with van der Waals surface area (Å²) in [6, 6.07) is 6.41. The number of aliphatic hydroxyl groups excluding tert-OH is 1. The van der Waals surface area contributed by atoms with E-state index in [4.69, 9.17) is 16.7 Å². The molecule has 1 N–H and O–H groups in total. The molecule has 1 unspecified atom stereocenters. The molecule has 1 aromatic carbocycles. The summed E-state index contributed by atoms with van der Waals surface area (Å²) < 4.78 is 25.9. The van der Waals surface area contributed by atoms with Gasteiger partial charge in [0.25, 0.3) is 0 Å². The van der Waals surface area contributed by atoms with Gasteiger partial charge in [0, 0.05) is 19.7 Å². The molecule has 1 heterocycles. The maximum Gasteiger partial charge on any atom is 0.244 e. The van der Waals surface area contributed by atoms with Crippen molar-refractivity contribution in [3.05, 3.63) is 29.3 Å². The van der Waals surface area contributed by atoms with Crippen LogP contribution < -0.4 is 0 Å². The fourth-order valence-corrected chi connectivity index (χ4v) is 3.98. The monoisotopic (exact) mass is 275 g/mol. The standard InChI is InChI=1S/C11H14ClNO3S/c12-10-3-1-2-4-11(10)17(15,16)13-6-5-9(7-13)8-14/h1-4,9,14H,5-8H2. The first kappa shape index (κ1) is 12.8. The molecule has 0 aromatic heterocycles. The SMILES string of the molecule is O=S(=O)(c1ccccc1Cl)N1CCC(CO)C1. The fraction of sp³-hybridized carbons (Fsp3) is 0.455. The molecule has 0 amide bonds. The zero-order chi connectivity index (χ0) is 12.5. The summed E-state index contributed by atoms with van der Waals surface area (Å²) in [5.41, 5.74) is 0. The average Bonchev–Trinajstić information content (AvgIpc) is 2.78. The van der Waals surface area contributed by atoms with Crippen molar-refractivity contribution in [2.45, 2.75) is 11.3 Å². The smallest absolute Gasteiger partial charge is 0.244 e. The summed E-state index contributed by atoms with van der Waals surface area (Å²) in [6.07, 6.45) is 0.695. The normalized spacial score (nSPS) is 21.9. The largest absolute Gasteiger partial charge is 0.396 e. The summed E-state index contributed by atoms with van der Waals surface area (Å²) >= 11 is 5.90. The van der Waals surface area contributed by atoms with E-state index in [9.17, 15) is 8.42 Å². The van der Waals surface area contributed by atoms with Crippen LogP contribution in [0.25, 0.3) is 0 Å². The fourth-order valence-electron chi connectivity index (χ4n) is 1.96. The van der Waals surface area contributed by atoms with E-state index in [0.717, 1.165) is 0 Å². The van der Waals surface area contributed by atoms with E-state index in [2.05, 4.69) is 0 Å². The molecule has 1 atom stereocenters. The van der Waals surface area contributed by atoms with Crippen LogP contribution in [-0.4, -0.2) is 37.5 Å². The molecule has 17 heavy (non-hydrogen) atoms. The van der Waals surface area contributed by atoms with Crippen LogP contribution in [-0.2, 0) is 10.0 Å². The van der Waals surface area contributed by atoms with Crippen LogP contribution >= 0.6 is 11.6 Å². The summed E-state index contributed by atoms with van der Waals surface area (Å²) in [4.78, 5) is 0.139. The molecule has 0 radical (unpaired) electrons. The Balaban J connectivity index is 2.29. The van der Waals surface area contributed by atoms with Gasteiger partial charge in [-0.15, -0.1) is 0 Å². The predicted molar refractivity (Wildman–Crippen MR) is 65.4 cm³/mol. The van der Waals surface area contributed by atoms with Crippen molar-refractivity contribution >= 4 is 21.6 Å². The number of nitrogens with zero attached hydrogens (tertiary/aromatic N) is 1. The molecule has 0 saturated carbocycles. The lowest BCUT2D eigenvalue weighted by atomic mass is 10.1. The highest BCUT2D eigenvalue weighted by molar-refractivity contribution is 7.89. The summed E-state index contributed by atoms with van der Waals surface area (Å²) in [5, 5.41) is 9.26. The maximum atomic E-state index is 12.3. The predicted octanol–water partition coefficient (Wildman–Crippen LogP) is 1.34. The van der Waals surface area contributed by atoms with Crippen molar-refractivity contribution in [2.24, 2.45) is 5.92 Å². The number of benzene rings is 1. The first-order chi connectivity index (χ1) is 8.05. The van der Waals surface area contributed by atoms with Crippen molar-refractivity contribution in [3.8, 4) is 0 Å². The molecule has 0 spiro atoms. The Hall–Kier alpha value is -0.620. The number of rotatable bonds is 3. The van der Waals surface area contributed by atoms with Gasteiger partial charge in [0.2, 0.25) is 10.0 Å². The Morgan fingerprint density at radius 3 is 2.71 bits per heavy atom. The van der Waals surface area contributed by atoms with Gasteiger partial charge in [0.15, 0.2) is 0 Å². The van der Waals surface area contributed by atoms with Crippen molar-refractivity contribution in [1.29, 1.82) is 0 Å². The van der Waals surface area contributed by atoms with Gasteiger partial charge in [-0.2, -0.15) is 4.31 Å². The number of aliphatic hydroxyl groups is 1. The van der Waals surface area contributed by atoms with E-state index >= 15 is 0 Å². The van der Waals surface area contributed by atoms with Gasteiger partial charge in [-0.05, 0) is 24.5 Å². The second kappa shape index (κ2) is 4.94. The van der Waals surface area contributed by atoms with Crippen LogP contribution in [0.3, 0.4) is 0 Å². The molecule has 94 valence electrons. The van der Waals surface area contributed by atoms with Crippen LogP contribution in [0, 0.1) is 5.92 Å². The van der Waals surface area contributed by atoms with Crippen molar-refractivity contribution in [3.63, 3.8) is 0 Å². The minimum atomic E-state index is -3.52. The molecular weight excluding hydrogens is 262 g/mol. The average molecular weight is 276 g/mol. The number of hydrogen-bond acceptors (Lipinski definition) is 3. The minimum absolute atomic E-state index is 0.0224. The summed E-state index contributed by atoms with van der Waals surface area (Å²) in [7, 11) is -3.52. The van der Waals surface area contributed by atoms with Gasteiger partial charge >= 0.3 is 0 Å². The zero-order valence-corrected chi connectivity index (χ0v) is 10.8. The molecule has 1 fully saturated rings. The van der Waals surface area contributed by atoms with Crippen molar-refractivity contribution in [2.75, 3.05) is 19.7 Å². The highest BCUT2D eigenvalue weighted by atomic mass is 35.5. The minimum Gasteiger partial charge on any atom is -0.396 e. The Bertz CT molecular complexity index is 503. The number of hydrogen-bond donors (Lipinski definition) is 1. The van der Waals surface area contributed by atoms with E-state index in [1.807, 2.05) is 0 Å². The van der Waals surface area contributed by atoms with Crippen LogP contribution in [0.15, 0.2) is 29.2 Å². The zero-order valence-electron chi connectivity index (χ0n) is 9.21. The van der Waals surface area contributed by atoms with Crippen molar-refractivity contribution in [1.82, 2.24) is 4.31 Å². The molecule has 0 aliphatic carbocycles. The Labute approximate surface area is 106 Å². The number of halogens is 1. The molecule has 0 bridgehead atoms. The van der Waals surface area contributed by atoms with E-state index in [1.54, 1.807) is 18.2 Å². The molecular formula is C11H14ClNO3S. The van der Waals surface area contributed by atoms with E-state index in [0.29, 0.717) is 19.5 Å². The highest BCUT2D eigenvalue weighted by Crippen LogP contribution is 2.28. The van der Waals surface area contributed by atoms with Gasteiger partial charge in [0.05, 0.1) is 5.02 Å². The first-order valence-corrected chi connectivity index (χ1v) is 7.23. The van der Waals surface area contributed by atoms with Crippen LogP contribution in [0.2, 0.25) is 5.02 Å². The molecule has 1 aromatic rings. The summed E-state index contributed by atoms with van der Waals surface area (Å²) in [5.74, 6) is 0.0345. The second-order valence-corrected chi connectivity index (χ2v) is 6.44. The number of sulfonamides is 1. The van der Waals surface area contributed by atoms with E-state index < -0.39 is 10.0 Å². The van der Waals surface area contributed by atoms with Gasteiger partial charge < -0.3 is 5.11 Å². The third-order valence-corrected chi connectivity index (χ3v) is 5.33. The molecule has 1 saturated heterocycles. The van der Waals surface area contributed by atoms with Crippen LogP contribution in [0.4, 0.5) is 0 Å². The molecule has 4 nitrogen and oxygen atoms in total. The summed E-state index contributed by atoms with van der Waals surface area (Å²) in [6.45, 7) is 0.831. The molecule has 6 heteroatoms. The van der Waals surface area contributed by atoms with Gasteiger partial charge in [-0.1, -0.05) is 23.7 Å².